The Morgan fingerprint density at radius 3 is 2.28 bits per heavy atom. The van der Waals surface area contributed by atoms with E-state index < -0.39 is 17.5 Å². The zero-order valence-corrected chi connectivity index (χ0v) is 16.5. The van der Waals surface area contributed by atoms with Gasteiger partial charge in [-0.25, -0.2) is 10.4 Å². The topological polar surface area (TPSA) is 76.1 Å². The molecule has 0 unspecified atom stereocenters. The number of rotatable bonds is 6. The van der Waals surface area contributed by atoms with Crippen molar-refractivity contribution in [3.05, 3.63) is 36.2 Å². The zero-order valence-electron chi connectivity index (χ0n) is 14.9. The molecule has 29 heavy (non-hydrogen) atoms. The Morgan fingerprint density at radius 2 is 1.83 bits per heavy atom. The van der Waals surface area contributed by atoms with Crippen molar-refractivity contribution in [1.29, 1.82) is 0 Å². The molecule has 1 aromatic heterocycles. The van der Waals surface area contributed by atoms with E-state index in [0.717, 1.165) is 24.0 Å². The number of hydrogen-bond acceptors (Lipinski definition) is 6. The van der Waals surface area contributed by atoms with E-state index in [0.29, 0.717) is 11.5 Å². The number of benzene rings is 1. The summed E-state index contributed by atoms with van der Waals surface area (Å²) in [5.74, 6) is 0.601. The van der Waals surface area contributed by atoms with Gasteiger partial charge in [0, 0.05) is 12.6 Å². The molecule has 1 heterocycles. The van der Waals surface area contributed by atoms with Crippen LogP contribution in [0.2, 0.25) is 0 Å². The maximum atomic E-state index is 12.4. The van der Waals surface area contributed by atoms with Crippen LogP contribution in [-0.2, 0) is 4.79 Å². The van der Waals surface area contributed by atoms with E-state index in [4.69, 9.17) is 4.79 Å². The smallest absolute Gasteiger partial charge is 0.406 e. The van der Waals surface area contributed by atoms with Crippen molar-refractivity contribution in [3.63, 3.8) is 0 Å². The first-order chi connectivity index (χ1) is 13.5. The first-order valence-corrected chi connectivity index (χ1v) is 8.99. The number of carbonyl (C=O) groups is 1. The molecule has 0 bridgehead atoms. The van der Waals surface area contributed by atoms with Crippen molar-refractivity contribution >= 4 is 28.0 Å². The quantitative estimate of drug-likeness (QED) is 0.270. The molecule has 0 amide bonds. The maximum absolute atomic E-state index is 12.4. The molecular weight excluding hydrogens is 467 g/mol. The summed E-state index contributed by atoms with van der Waals surface area (Å²) in [6.07, 6.45) is -0.117. The molecule has 0 saturated heterocycles. The van der Waals surface area contributed by atoms with Crippen molar-refractivity contribution in [2.45, 2.75) is 30.0 Å². The maximum Gasteiger partial charge on any atom is 0.573 e. The van der Waals surface area contributed by atoms with Crippen LogP contribution in [0.3, 0.4) is 0 Å². The van der Waals surface area contributed by atoms with E-state index in [1.165, 1.54) is 12.1 Å². The number of alkyl halides is 6. The first-order valence-electron chi connectivity index (χ1n) is 8.20. The van der Waals surface area contributed by atoms with Crippen LogP contribution in [-0.4, -0.2) is 34.5 Å². The van der Waals surface area contributed by atoms with Gasteiger partial charge in [-0.1, -0.05) is 0 Å². The standard InChI is InChI=1S/C15H15F3N4O.C2HBrF2O/c1-19-22-14-8-20-13(7-21-14)11-5-4-10(23-15(16,17)18)6-12(11)9-2-3-9;3-2(4,5)1-6/h4-9,19H,2-3H2,1H3,(H,21,22);1H. The van der Waals surface area contributed by atoms with E-state index in [-0.39, 0.29) is 11.7 Å². The molecule has 0 spiro atoms. The fourth-order valence-corrected chi connectivity index (χ4v) is 2.36. The van der Waals surface area contributed by atoms with Gasteiger partial charge >= 0.3 is 11.2 Å². The van der Waals surface area contributed by atoms with Gasteiger partial charge in [0.25, 0.3) is 0 Å². The summed E-state index contributed by atoms with van der Waals surface area (Å²) in [5.41, 5.74) is 7.75. The molecule has 6 nitrogen and oxygen atoms in total. The second kappa shape index (κ2) is 9.44. The number of hydrogen-bond donors (Lipinski definition) is 2. The molecule has 0 atom stereocenters. The van der Waals surface area contributed by atoms with Gasteiger partial charge in [-0.15, -0.1) is 13.2 Å². The number of nitrogens with one attached hydrogen (secondary N) is 2. The highest BCUT2D eigenvalue weighted by Crippen LogP contribution is 2.45. The Labute approximate surface area is 171 Å². The molecule has 0 radical (unpaired) electrons. The second-order valence-corrected chi connectivity index (χ2v) is 6.95. The second-order valence-electron chi connectivity index (χ2n) is 5.89. The predicted octanol–water partition coefficient (Wildman–Crippen LogP) is 4.64. The van der Waals surface area contributed by atoms with Crippen LogP contribution in [0.4, 0.5) is 27.8 Å². The van der Waals surface area contributed by atoms with Gasteiger partial charge in [-0.05, 0) is 58.5 Å². The molecule has 1 fully saturated rings. The molecular formula is C17H16BrF5N4O2. The number of hydrazine groups is 1. The van der Waals surface area contributed by atoms with Gasteiger partial charge in [-0.2, -0.15) is 8.78 Å². The fourth-order valence-electron chi connectivity index (χ4n) is 2.36. The Morgan fingerprint density at radius 1 is 1.17 bits per heavy atom. The number of aldehydes is 1. The number of aromatic nitrogens is 2. The van der Waals surface area contributed by atoms with Crippen LogP contribution in [0.1, 0.15) is 24.3 Å². The first kappa shape index (κ1) is 22.9. The summed E-state index contributed by atoms with van der Waals surface area (Å²) < 4.78 is 63.1. The van der Waals surface area contributed by atoms with Crippen molar-refractivity contribution in [2.75, 3.05) is 12.5 Å². The molecule has 158 valence electrons. The van der Waals surface area contributed by atoms with Crippen LogP contribution in [0.15, 0.2) is 30.6 Å². The highest BCUT2D eigenvalue weighted by atomic mass is 79.9. The third-order valence-electron chi connectivity index (χ3n) is 3.59. The van der Waals surface area contributed by atoms with Crippen molar-refractivity contribution in [1.82, 2.24) is 15.4 Å². The molecule has 3 rings (SSSR count). The predicted molar refractivity (Wildman–Crippen MR) is 98.7 cm³/mol. The lowest BCUT2D eigenvalue weighted by atomic mass is 10.0. The number of carbonyl (C=O) groups excluding carboxylic acids is 1. The van der Waals surface area contributed by atoms with Crippen molar-refractivity contribution in [2.24, 2.45) is 0 Å². The van der Waals surface area contributed by atoms with Gasteiger partial charge < -0.3 is 10.2 Å². The molecule has 1 aromatic carbocycles. The Kier molecular flexibility index (Phi) is 7.47. The van der Waals surface area contributed by atoms with Crippen LogP contribution in [0.25, 0.3) is 11.3 Å². The van der Waals surface area contributed by atoms with Gasteiger partial charge in [0.05, 0.1) is 18.1 Å². The van der Waals surface area contributed by atoms with Crippen LogP contribution in [0, 0.1) is 0 Å². The third kappa shape index (κ3) is 7.89. The fraction of sp³-hybridized carbons (Fsp3) is 0.353. The minimum absolute atomic E-state index is 0.204. The zero-order chi connectivity index (χ0) is 21.7. The molecule has 1 aliphatic rings. The molecule has 12 heteroatoms. The summed E-state index contributed by atoms with van der Waals surface area (Å²) in [6, 6.07) is 4.35. The van der Waals surface area contributed by atoms with E-state index in [1.54, 1.807) is 41.4 Å². The lowest BCUT2D eigenvalue weighted by molar-refractivity contribution is -0.274. The number of ether oxygens (including phenoxy) is 1. The van der Waals surface area contributed by atoms with Crippen LogP contribution >= 0.6 is 15.9 Å². The number of nitrogens with zero attached hydrogens (tertiary/aromatic N) is 2. The lowest BCUT2D eigenvalue weighted by Crippen LogP contribution is -2.17. The number of anilines is 1. The Balaban J connectivity index is 0.000000438. The molecule has 2 N–H and O–H groups in total. The number of halogens is 6. The van der Waals surface area contributed by atoms with Crippen molar-refractivity contribution < 1.29 is 31.5 Å². The van der Waals surface area contributed by atoms with Crippen LogP contribution in [0.5, 0.6) is 5.75 Å². The van der Waals surface area contributed by atoms with Crippen LogP contribution < -0.4 is 15.6 Å². The average molecular weight is 483 g/mol. The normalized spacial score (nSPS) is 13.9. The van der Waals surface area contributed by atoms with Gasteiger partial charge in [-0.3, -0.25) is 9.78 Å². The van der Waals surface area contributed by atoms with E-state index in [2.05, 4.69) is 25.6 Å². The summed E-state index contributed by atoms with van der Waals surface area (Å²) >= 11 is 1.78. The summed E-state index contributed by atoms with van der Waals surface area (Å²) in [7, 11) is 1.71. The van der Waals surface area contributed by atoms with E-state index in [1.807, 2.05) is 0 Å². The van der Waals surface area contributed by atoms with Gasteiger partial charge in [0.1, 0.15) is 5.75 Å². The molecule has 2 aromatic rings. The summed E-state index contributed by atoms with van der Waals surface area (Å²) in [4.78, 5) is 14.2. The largest absolute Gasteiger partial charge is 0.573 e. The molecule has 1 aliphatic carbocycles. The summed E-state index contributed by atoms with van der Waals surface area (Å²) in [6.45, 7) is 0. The van der Waals surface area contributed by atoms with E-state index >= 15 is 0 Å². The molecule has 1 saturated carbocycles. The average Bonchev–Trinajstić information content (AvgIpc) is 3.46. The highest BCUT2D eigenvalue weighted by Gasteiger charge is 2.33. The SMILES string of the molecule is CNNc1cnc(-c2ccc(OC(F)(F)F)cc2C2CC2)cn1.O=CC(F)(F)Br. The third-order valence-corrected chi connectivity index (χ3v) is 3.78. The van der Waals surface area contributed by atoms with Crippen molar-refractivity contribution in [3.8, 4) is 17.0 Å². The Bertz CT molecular complexity index is 824. The van der Waals surface area contributed by atoms with E-state index in [9.17, 15) is 22.0 Å². The monoisotopic (exact) mass is 482 g/mol. The highest BCUT2D eigenvalue weighted by molar-refractivity contribution is 9.10. The lowest BCUT2D eigenvalue weighted by Gasteiger charge is -2.13. The minimum atomic E-state index is -4.69. The van der Waals surface area contributed by atoms with Gasteiger partial charge in [0.15, 0.2) is 12.1 Å². The summed E-state index contributed by atoms with van der Waals surface area (Å²) in [5, 5.41) is 0. The molecule has 0 aliphatic heterocycles. The Hall–Kier alpha value is -2.34. The minimum Gasteiger partial charge on any atom is -0.406 e. The van der Waals surface area contributed by atoms with Gasteiger partial charge in [0.2, 0.25) is 0 Å².